The Labute approximate surface area is 153 Å². The van der Waals surface area contributed by atoms with Crippen LogP contribution in [0.3, 0.4) is 0 Å². The van der Waals surface area contributed by atoms with E-state index in [-0.39, 0.29) is 0 Å². The van der Waals surface area contributed by atoms with E-state index in [0.29, 0.717) is 17.5 Å². The number of aliphatic carboxylic acids is 2. The Morgan fingerprint density at radius 2 is 1.69 bits per heavy atom. The number of unbranched alkanes of at least 4 members (excludes halogenated alkanes) is 2. The van der Waals surface area contributed by atoms with E-state index in [1.165, 1.54) is 6.07 Å². The molecule has 0 saturated carbocycles. The van der Waals surface area contributed by atoms with Crippen LogP contribution in [0.4, 0.5) is 4.39 Å². The molecule has 4 nitrogen and oxygen atoms in total. The Balaban J connectivity index is 0.000000359. The molecule has 1 unspecified atom stereocenters. The predicted molar refractivity (Wildman–Crippen MR) is 99.7 cm³/mol. The Bertz CT molecular complexity index is 713. The predicted octanol–water partition coefficient (Wildman–Crippen LogP) is 5.33. The molecule has 0 fully saturated rings. The van der Waals surface area contributed by atoms with Crippen molar-refractivity contribution in [2.24, 2.45) is 0 Å². The van der Waals surface area contributed by atoms with Gasteiger partial charge in [0.1, 0.15) is 5.82 Å². The van der Waals surface area contributed by atoms with Crippen LogP contribution < -0.4 is 0 Å². The summed E-state index contributed by atoms with van der Waals surface area (Å²) in [6, 6.07) is 13.7. The van der Waals surface area contributed by atoms with Crippen LogP contribution >= 0.6 is 0 Å². The summed E-state index contributed by atoms with van der Waals surface area (Å²) in [5.41, 5.74) is 1.74. The summed E-state index contributed by atoms with van der Waals surface area (Å²) in [5.74, 6) is -2.74. The first kappa shape index (κ1) is 21.4. The molecule has 0 aliphatic heterocycles. The molecule has 0 aromatic heterocycles. The summed E-state index contributed by atoms with van der Waals surface area (Å²) >= 11 is 0. The third kappa shape index (κ3) is 7.05. The molecule has 0 heterocycles. The van der Waals surface area contributed by atoms with E-state index in [1.54, 1.807) is 19.1 Å². The third-order valence-electron chi connectivity index (χ3n) is 3.94. The van der Waals surface area contributed by atoms with E-state index in [9.17, 15) is 14.0 Å². The molecule has 2 aromatic rings. The van der Waals surface area contributed by atoms with Gasteiger partial charge in [-0.05, 0) is 30.5 Å². The number of carbonyl (C=O) groups is 2. The highest BCUT2D eigenvalue weighted by Crippen LogP contribution is 2.26. The maximum atomic E-state index is 14.0. The van der Waals surface area contributed by atoms with Crippen molar-refractivity contribution in [1.29, 1.82) is 0 Å². The summed E-state index contributed by atoms with van der Waals surface area (Å²) in [4.78, 5) is 20.7. The molecular weight excluding hydrogens is 335 g/mol. The number of carboxylic acids is 2. The van der Waals surface area contributed by atoms with Gasteiger partial charge in [0, 0.05) is 12.0 Å². The molecule has 26 heavy (non-hydrogen) atoms. The lowest BCUT2D eigenvalue weighted by Crippen LogP contribution is -2.07. The topological polar surface area (TPSA) is 74.6 Å². The van der Waals surface area contributed by atoms with Gasteiger partial charge in [-0.15, -0.1) is 0 Å². The van der Waals surface area contributed by atoms with E-state index < -0.39 is 23.7 Å². The second-order valence-corrected chi connectivity index (χ2v) is 6.02. The van der Waals surface area contributed by atoms with Gasteiger partial charge in [-0.1, -0.05) is 62.2 Å². The summed E-state index contributed by atoms with van der Waals surface area (Å²) in [6.07, 6.45) is 3.28. The molecule has 2 rings (SSSR count). The minimum absolute atomic E-state index is 0.327. The SMILES string of the molecule is CC(C(=O)O)c1ccc(-c2ccccc2)c(F)c1.CCCCCC(=O)O. The molecule has 0 saturated heterocycles. The van der Waals surface area contributed by atoms with Gasteiger partial charge in [-0.25, -0.2) is 4.39 Å². The Kier molecular flexibility index (Phi) is 9.06. The quantitative estimate of drug-likeness (QED) is 0.654. The van der Waals surface area contributed by atoms with Gasteiger partial charge >= 0.3 is 11.9 Å². The number of benzene rings is 2. The van der Waals surface area contributed by atoms with Crippen molar-refractivity contribution >= 4 is 11.9 Å². The van der Waals surface area contributed by atoms with Crippen LogP contribution in [0.15, 0.2) is 48.5 Å². The molecule has 2 N–H and O–H groups in total. The van der Waals surface area contributed by atoms with Gasteiger partial charge in [0.05, 0.1) is 5.92 Å². The average molecular weight is 360 g/mol. The summed E-state index contributed by atoms with van der Waals surface area (Å²) in [7, 11) is 0. The summed E-state index contributed by atoms with van der Waals surface area (Å²) in [5, 5.41) is 17.0. The molecular formula is C21H25FO4. The first-order valence-corrected chi connectivity index (χ1v) is 8.66. The van der Waals surface area contributed by atoms with Crippen molar-refractivity contribution in [2.75, 3.05) is 0 Å². The molecule has 140 valence electrons. The highest BCUT2D eigenvalue weighted by molar-refractivity contribution is 5.76. The fourth-order valence-corrected chi connectivity index (χ4v) is 2.32. The van der Waals surface area contributed by atoms with Crippen LogP contribution in [-0.2, 0) is 9.59 Å². The van der Waals surface area contributed by atoms with Gasteiger partial charge in [0.15, 0.2) is 0 Å². The maximum Gasteiger partial charge on any atom is 0.310 e. The lowest BCUT2D eigenvalue weighted by Gasteiger charge is -2.09. The molecule has 1 atom stereocenters. The molecule has 0 amide bonds. The van der Waals surface area contributed by atoms with Crippen molar-refractivity contribution in [3.8, 4) is 11.1 Å². The van der Waals surface area contributed by atoms with Crippen molar-refractivity contribution < 1.29 is 24.2 Å². The smallest absolute Gasteiger partial charge is 0.310 e. The largest absolute Gasteiger partial charge is 0.481 e. The first-order valence-electron chi connectivity index (χ1n) is 8.66. The molecule has 0 bridgehead atoms. The second-order valence-electron chi connectivity index (χ2n) is 6.02. The fourth-order valence-electron chi connectivity index (χ4n) is 2.32. The zero-order valence-electron chi connectivity index (χ0n) is 15.1. The fraction of sp³-hybridized carbons (Fsp3) is 0.333. The van der Waals surface area contributed by atoms with Crippen LogP contribution in [0, 0.1) is 5.82 Å². The van der Waals surface area contributed by atoms with Gasteiger partial charge in [-0.2, -0.15) is 0 Å². The lowest BCUT2D eigenvalue weighted by atomic mass is 9.97. The minimum atomic E-state index is -0.957. The number of rotatable bonds is 7. The van der Waals surface area contributed by atoms with Gasteiger partial charge < -0.3 is 10.2 Å². The monoisotopic (exact) mass is 360 g/mol. The van der Waals surface area contributed by atoms with Crippen molar-refractivity contribution in [3.05, 3.63) is 59.9 Å². The van der Waals surface area contributed by atoms with Crippen molar-refractivity contribution in [3.63, 3.8) is 0 Å². The van der Waals surface area contributed by atoms with Crippen molar-refractivity contribution in [1.82, 2.24) is 0 Å². The first-order chi connectivity index (χ1) is 12.4. The number of halogens is 1. The molecule has 0 spiro atoms. The van der Waals surface area contributed by atoms with E-state index in [1.807, 2.05) is 30.3 Å². The van der Waals surface area contributed by atoms with Gasteiger partial charge in [0.2, 0.25) is 0 Å². The molecule has 0 aliphatic carbocycles. The highest BCUT2D eigenvalue weighted by atomic mass is 19.1. The second kappa shape index (κ2) is 11.0. The van der Waals surface area contributed by atoms with Crippen molar-refractivity contribution in [2.45, 2.75) is 45.4 Å². The Morgan fingerprint density at radius 1 is 1.04 bits per heavy atom. The maximum absolute atomic E-state index is 14.0. The third-order valence-corrected chi connectivity index (χ3v) is 3.94. The molecule has 5 heteroatoms. The number of carboxylic acid groups (broad SMARTS) is 2. The Hall–Kier alpha value is -2.69. The van der Waals surface area contributed by atoms with Crippen LogP contribution in [-0.4, -0.2) is 22.2 Å². The molecule has 2 aromatic carbocycles. The highest BCUT2D eigenvalue weighted by Gasteiger charge is 2.15. The molecule has 0 radical (unpaired) electrons. The standard InChI is InChI=1S/C15H13FO2.C6H12O2/c1-10(15(17)18)12-7-8-13(14(16)9-12)11-5-3-2-4-6-11;1-2-3-4-5-6(7)8/h2-10H,1H3,(H,17,18);2-5H2,1H3,(H,7,8). The summed E-state index contributed by atoms with van der Waals surface area (Å²) in [6.45, 7) is 3.60. The average Bonchev–Trinajstić information content (AvgIpc) is 2.62. The minimum Gasteiger partial charge on any atom is -0.481 e. The zero-order valence-corrected chi connectivity index (χ0v) is 15.1. The normalized spacial score (nSPS) is 11.2. The van der Waals surface area contributed by atoms with Gasteiger partial charge in [-0.3, -0.25) is 9.59 Å². The van der Waals surface area contributed by atoms with Crippen LogP contribution in [0.25, 0.3) is 11.1 Å². The van der Waals surface area contributed by atoms with Crippen LogP contribution in [0.1, 0.15) is 51.0 Å². The summed E-state index contributed by atoms with van der Waals surface area (Å²) < 4.78 is 14.0. The van der Waals surface area contributed by atoms with E-state index in [4.69, 9.17) is 10.2 Å². The van der Waals surface area contributed by atoms with Gasteiger partial charge in [0.25, 0.3) is 0 Å². The number of hydrogen-bond donors (Lipinski definition) is 2. The van der Waals surface area contributed by atoms with E-state index in [2.05, 4.69) is 6.92 Å². The van der Waals surface area contributed by atoms with Crippen LogP contribution in [0.2, 0.25) is 0 Å². The van der Waals surface area contributed by atoms with E-state index >= 15 is 0 Å². The Morgan fingerprint density at radius 3 is 2.19 bits per heavy atom. The number of hydrogen-bond acceptors (Lipinski definition) is 2. The van der Waals surface area contributed by atoms with E-state index in [0.717, 1.165) is 24.8 Å². The lowest BCUT2D eigenvalue weighted by molar-refractivity contribution is -0.138. The zero-order chi connectivity index (χ0) is 19.5. The van der Waals surface area contributed by atoms with Crippen LogP contribution in [0.5, 0.6) is 0 Å². The molecule has 0 aliphatic rings.